The van der Waals surface area contributed by atoms with Crippen molar-refractivity contribution in [3.63, 3.8) is 0 Å². The molecule has 2 heteroatoms. The molecule has 0 aliphatic heterocycles. The highest BCUT2D eigenvalue weighted by atomic mass is 16.3. The number of phenolic OH excluding ortho intramolecular Hbond substituents is 1. The van der Waals surface area contributed by atoms with Crippen molar-refractivity contribution in [1.29, 1.82) is 0 Å². The summed E-state index contributed by atoms with van der Waals surface area (Å²) in [6, 6.07) is 1.84. The Labute approximate surface area is 90.6 Å². The maximum atomic E-state index is 9.86. The summed E-state index contributed by atoms with van der Waals surface area (Å²) in [5.74, 6) is 0.253. The fraction of sp³-hybridized carbons (Fsp3) is 0.538. The number of phenols is 1. The van der Waals surface area contributed by atoms with Crippen LogP contribution in [-0.4, -0.2) is 10.2 Å². The van der Waals surface area contributed by atoms with Gasteiger partial charge in [-0.15, -0.1) is 0 Å². The minimum absolute atomic E-state index is 0.253. The van der Waals surface area contributed by atoms with Crippen LogP contribution >= 0.6 is 0 Å². The van der Waals surface area contributed by atoms with Crippen molar-refractivity contribution in [2.45, 2.75) is 45.6 Å². The third kappa shape index (κ3) is 1.74. The van der Waals surface area contributed by atoms with Crippen LogP contribution in [0.4, 0.5) is 0 Å². The Balaban J connectivity index is 2.59. The van der Waals surface area contributed by atoms with E-state index in [1.165, 1.54) is 24.0 Å². The zero-order chi connectivity index (χ0) is 11.0. The maximum absolute atomic E-state index is 9.86. The zero-order valence-electron chi connectivity index (χ0n) is 9.38. The summed E-state index contributed by atoms with van der Waals surface area (Å²) in [5.41, 5.74) is 4.39. The molecule has 0 aromatic heterocycles. The first-order chi connectivity index (χ1) is 7.11. The third-order valence-electron chi connectivity index (χ3n) is 3.37. The number of hydrogen-bond acceptors (Lipinski definition) is 2. The molecule has 0 heterocycles. The van der Waals surface area contributed by atoms with Crippen molar-refractivity contribution in [2.75, 3.05) is 0 Å². The molecule has 2 nitrogen and oxygen atoms in total. The lowest BCUT2D eigenvalue weighted by Gasteiger charge is -2.22. The minimum atomic E-state index is -0.586. The van der Waals surface area contributed by atoms with E-state index in [1.54, 1.807) is 6.92 Å². The zero-order valence-corrected chi connectivity index (χ0v) is 9.38. The number of aliphatic hydroxyl groups excluding tert-OH is 1. The average Bonchev–Trinajstić information content (AvgIpc) is 2.17. The lowest BCUT2D eigenvalue weighted by Crippen LogP contribution is -2.08. The third-order valence-corrected chi connectivity index (χ3v) is 3.37. The molecule has 0 spiro atoms. The lowest BCUT2D eigenvalue weighted by molar-refractivity contribution is 0.194. The van der Waals surface area contributed by atoms with Crippen molar-refractivity contribution in [3.8, 4) is 5.75 Å². The Hall–Kier alpha value is -1.02. The van der Waals surface area contributed by atoms with Gasteiger partial charge in [0.15, 0.2) is 0 Å². The van der Waals surface area contributed by atoms with E-state index in [2.05, 4.69) is 0 Å². The minimum Gasteiger partial charge on any atom is -0.508 e. The average molecular weight is 206 g/mol. The largest absolute Gasteiger partial charge is 0.508 e. The number of aryl methyl sites for hydroxylation is 1. The Morgan fingerprint density at radius 1 is 1.27 bits per heavy atom. The fourth-order valence-corrected chi connectivity index (χ4v) is 2.64. The Bertz CT molecular complexity index is 381. The van der Waals surface area contributed by atoms with Crippen molar-refractivity contribution in [3.05, 3.63) is 28.3 Å². The quantitative estimate of drug-likeness (QED) is 0.741. The van der Waals surface area contributed by atoms with Crippen molar-refractivity contribution < 1.29 is 10.2 Å². The molecule has 1 unspecified atom stereocenters. The molecule has 0 saturated carbocycles. The molecule has 82 valence electrons. The first kappa shape index (κ1) is 10.5. The van der Waals surface area contributed by atoms with Gasteiger partial charge in [0.05, 0.1) is 6.10 Å². The van der Waals surface area contributed by atoms with Crippen LogP contribution in [0.2, 0.25) is 0 Å². The van der Waals surface area contributed by atoms with E-state index in [0.717, 1.165) is 18.4 Å². The molecular weight excluding hydrogens is 188 g/mol. The van der Waals surface area contributed by atoms with E-state index in [-0.39, 0.29) is 5.75 Å². The van der Waals surface area contributed by atoms with Crippen molar-refractivity contribution >= 4 is 0 Å². The van der Waals surface area contributed by atoms with E-state index in [1.807, 2.05) is 13.0 Å². The molecule has 1 aliphatic carbocycles. The second kappa shape index (κ2) is 3.86. The molecule has 0 fully saturated rings. The molecule has 15 heavy (non-hydrogen) atoms. The van der Waals surface area contributed by atoms with E-state index >= 15 is 0 Å². The van der Waals surface area contributed by atoms with Crippen molar-refractivity contribution in [1.82, 2.24) is 0 Å². The first-order valence-electron chi connectivity index (χ1n) is 5.63. The topological polar surface area (TPSA) is 40.5 Å². The van der Waals surface area contributed by atoms with Crippen molar-refractivity contribution in [2.24, 2.45) is 0 Å². The maximum Gasteiger partial charge on any atom is 0.121 e. The summed E-state index contributed by atoms with van der Waals surface area (Å²) in [4.78, 5) is 0. The first-order valence-corrected chi connectivity index (χ1v) is 5.63. The second-order valence-corrected chi connectivity index (χ2v) is 4.46. The van der Waals surface area contributed by atoms with Gasteiger partial charge < -0.3 is 10.2 Å². The fourth-order valence-electron chi connectivity index (χ4n) is 2.64. The summed E-state index contributed by atoms with van der Waals surface area (Å²) in [5, 5.41) is 19.5. The van der Waals surface area contributed by atoms with Gasteiger partial charge in [-0.3, -0.25) is 0 Å². The summed E-state index contributed by atoms with van der Waals surface area (Å²) in [6.07, 6.45) is 3.99. The number of hydrogen-bond donors (Lipinski definition) is 2. The normalized spacial score (nSPS) is 17.3. The summed E-state index contributed by atoms with van der Waals surface area (Å²) in [6.45, 7) is 3.71. The van der Waals surface area contributed by atoms with E-state index < -0.39 is 6.10 Å². The molecule has 0 radical (unpaired) electrons. The SMILES string of the molecule is Cc1c2c(cc(O)c1C(C)O)CCCC2. The molecule has 0 saturated heterocycles. The van der Waals surface area contributed by atoms with Crippen LogP contribution in [0.3, 0.4) is 0 Å². The predicted molar refractivity (Wildman–Crippen MR) is 60.1 cm³/mol. The lowest BCUT2D eigenvalue weighted by atomic mass is 9.85. The second-order valence-electron chi connectivity index (χ2n) is 4.46. The number of rotatable bonds is 1. The monoisotopic (exact) mass is 206 g/mol. The standard InChI is InChI=1S/C13H18O2/c1-8-11-6-4-3-5-10(11)7-12(15)13(8)9(2)14/h7,9,14-15H,3-6H2,1-2H3. The van der Waals surface area contributed by atoms with Crippen LogP contribution in [0, 0.1) is 6.92 Å². The van der Waals surface area contributed by atoms with Gasteiger partial charge in [-0.1, -0.05) is 0 Å². The van der Waals surface area contributed by atoms with Gasteiger partial charge in [-0.25, -0.2) is 0 Å². The molecule has 1 atom stereocenters. The van der Waals surface area contributed by atoms with E-state index in [4.69, 9.17) is 0 Å². The van der Waals surface area contributed by atoms with Gasteiger partial charge in [0.2, 0.25) is 0 Å². The number of fused-ring (bicyclic) bond motifs is 1. The Kier molecular flexibility index (Phi) is 2.70. The summed E-state index contributed by atoms with van der Waals surface area (Å²) in [7, 11) is 0. The van der Waals surface area contributed by atoms with Crippen LogP contribution in [0.25, 0.3) is 0 Å². The van der Waals surface area contributed by atoms with Gasteiger partial charge in [-0.2, -0.15) is 0 Å². The molecule has 0 bridgehead atoms. The molecular formula is C13H18O2. The highest BCUT2D eigenvalue weighted by Crippen LogP contribution is 2.35. The molecule has 1 aromatic rings. The molecule has 2 rings (SSSR count). The van der Waals surface area contributed by atoms with Crippen LogP contribution < -0.4 is 0 Å². The number of aliphatic hydroxyl groups is 1. The van der Waals surface area contributed by atoms with E-state index in [9.17, 15) is 10.2 Å². The summed E-state index contributed by atoms with van der Waals surface area (Å²) >= 11 is 0. The number of aromatic hydroxyl groups is 1. The number of benzene rings is 1. The van der Waals surface area contributed by atoms with Gasteiger partial charge >= 0.3 is 0 Å². The highest BCUT2D eigenvalue weighted by molar-refractivity contribution is 5.50. The van der Waals surface area contributed by atoms with Crippen LogP contribution in [0.1, 0.15) is 48.1 Å². The molecule has 1 aromatic carbocycles. The summed E-state index contributed by atoms with van der Waals surface area (Å²) < 4.78 is 0. The van der Waals surface area contributed by atoms with Gasteiger partial charge in [-0.05, 0) is 62.3 Å². The van der Waals surface area contributed by atoms with Gasteiger partial charge in [0, 0.05) is 5.56 Å². The highest BCUT2D eigenvalue weighted by Gasteiger charge is 2.19. The molecule has 2 N–H and O–H groups in total. The Morgan fingerprint density at radius 2 is 1.93 bits per heavy atom. The van der Waals surface area contributed by atoms with Crippen LogP contribution in [0.15, 0.2) is 6.07 Å². The molecule has 1 aliphatic rings. The van der Waals surface area contributed by atoms with Gasteiger partial charge in [0.25, 0.3) is 0 Å². The Morgan fingerprint density at radius 3 is 2.60 bits per heavy atom. The smallest absolute Gasteiger partial charge is 0.121 e. The van der Waals surface area contributed by atoms with Crippen LogP contribution in [0.5, 0.6) is 5.75 Å². The predicted octanol–water partition coefficient (Wildman–Crippen LogP) is 2.63. The van der Waals surface area contributed by atoms with E-state index in [0.29, 0.717) is 5.56 Å². The molecule has 0 amide bonds. The van der Waals surface area contributed by atoms with Gasteiger partial charge in [0.1, 0.15) is 5.75 Å². The van der Waals surface area contributed by atoms with Crippen LogP contribution in [-0.2, 0) is 12.8 Å².